The van der Waals surface area contributed by atoms with Crippen molar-refractivity contribution in [2.75, 3.05) is 26.9 Å². The van der Waals surface area contributed by atoms with E-state index in [0.29, 0.717) is 19.6 Å². The molecule has 120 valence electrons. The number of carboxylic acid groups (broad SMARTS) is 2. The van der Waals surface area contributed by atoms with Gasteiger partial charge in [0, 0.05) is 26.6 Å². The normalized spacial score (nSPS) is 22.5. The molecule has 0 aromatic rings. The molecule has 21 heavy (non-hydrogen) atoms. The summed E-state index contributed by atoms with van der Waals surface area (Å²) < 4.78 is 10.5. The molecule has 0 bridgehead atoms. The fourth-order valence-corrected chi connectivity index (χ4v) is 1.94. The van der Waals surface area contributed by atoms with Crippen molar-refractivity contribution in [3.8, 4) is 0 Å². The topological polar surface area (TPSA) is 134 Å². The lowest BCUT2D eigenvalue weighted by Crippen LogP contribution is -2.51. The van der Waals surface area contributed by atoms with Gasteiger partial charge in [-0.25, -0.2) is 9.59 Å². The van der Waals surface area contributed by atoms with E-state index in [1.807, 2.05) is 0 Å². The molecule has 4 N–H and O–H groups in total. The van der Waals surface area contributed by atoms with Gasteiger partial charge in [0.1, 0.15) is 11.6 Å². The lowest BCUT2D eigenvalue weighted by molar-refractivity contribution is -0.140. The van der Waals surface area contributed by atoms with Crippen LogP contribution < -0.4 is 10.6 Å². The molecule has 0 aromatic heterocycles. The molecule has 0 aromatic carbocycles. The Kier molecular flexibility index (Phi) is 6.38. The molecule has 2 amide bonds. The number of rotatable bonds is 8. The van der Waals surface area contributed by atoms with E-state index in [1.54, 1.807) is 0 Å². The van der Waals surface area contributed by atoms with Gasteiger partial charge in [-0.15, -0.1) is 0 Å². The van der Waals surface area contributed by atoms with Crippen molar-refractivity contribution in [3.63, 3.8) is 0 Å². The molecule has 1 unspecified atom stereocenters. The average Bonchev–Trinajstić information content (AvgIpc) is 2.90. The van der Waals surface area contributed by atoms with Crippen molar-refractivity contribution in [2.45, 2.75) is 30.9 Å². The predicted molar refractivity (Wildman–Crippen MR) is 70.0 cm³/mol. The summed E-state index contributed by atoms with van der Waals surface area (Å²) in [7, 11) is 1.52. The third-order valence-electron chi connectivity index (χ3n) is 3.32. The standard InChI is InChI=1S/C12H20N2O7/c1-20-12(4-5-21-7-12)6-13-11(19)14-8(10(17)18)2-3-9(15)16/h8H,2-7H2,1H3,(H,15,16)(H,17,18)(H2,13,14,19)/t8-,12?/m0/s1. The molecule has 1 rings (SSSR count). The van der Waals surface area contributed by atoms with Gasteiger partial charge in [-0.3, -0.25) is 4.79 Å². The summed E-state index contributed by atoms with van der Waals surface area (Å²) in [5.74, 6) is -2.40. The molecule has 0 radical (unpaired) electrons. The summed E-state index contributed by atoms with van der Waals surface area (Å²) in [6.45, 7) is 1.07. The monoisotopic (exact) mass is 304 g/mol. The fraction of sp³-hybridized carbons (Fsp3) is 0.750. The fourth-order valence-electron chi connectivity index (χ4n) is 1.94. The highest BCUT2D eigenvalue weighted by atomic mass is 16.5. The van der Waals surface area contributed by atoms with E-state index in [-0.39, 0.29) is 19.4 Å². The Morgan fingerprint density at radius 1 is 1.38 bits per heavy atom. The molecule has 1 fully saturated rings. The van der Waals surface area contributed by atoms with Gasteiger partial charge in [0.15, 0.2) is 0 Å². The summed E-state index contributed by atoms with van der Waals surface area (Å²) >= 11 is 0. The van der Waals surface area contributed by atoms with Crippen LogP contribution in [-0.2, 0) is 19.1 Å². The Morgan fingerprint density at radius 2 is 2.10 bits per heavy atom. The predicted octanol–water partition coefficient (Wildman–Crippen LogP) is -0.591. The van der Waals surface area contributed by atoms with Crippen LogP contribution in [0.4, 0.5) is 4.79 Å². The number of methoxy groups -OCH3 is 1. The number of nitrogens with one attached hydrogen (secondary N) is 2. The van der Waals surface area contributed by atoms with Crippen molar-refractivity contribution in [2.24, 2.45) is 0 Å². The van der Waals surface area contributed by atoms with Crippen LogP contribution >= 0.6 is 0 Å². The van der Waals surface area contributed by atoms with Crippen molar-refractivity contribution in [3.05, 3.63) is 0 Å². The lowest BCUT2D eigenvalue weighted by Gasteiger charge is -2.26. The number of amides is 2. The maximum absolute atomic E-state index is 11.7. The van der Waals surface area contributed by atoms with E-state index in [0.717, 1.165) is 0 Å². The van der Waals surface area contributed by atoms with Crippen molar-refractivity contribution in [1.82, 2.24) is 10.6 Å². The zero-order valence-electron chi connectivity index (χ0n) is 11.8. The van der Waals surface area contributed by atoms with Crippen LogP contribution in [0, 0.1) is 0 Å². The van der Waals surface area contributed by atoms with Crippen LogP contribution in [0.2, 0.25) is 0 Å². The van der Waals surface area contributed by atoms with Crippen LogP contribution in [0.3, 0.4) is 0 Å². The molecule has 0 saturated carbocycles. The molecule has 1 aliphatic heterocycles. The van der Waals surface area contributed by atoms with Crippen molar-refractivity contribution < 1.29 is 34.1 Å². The van der Waals surface area contributed by atoms with Crippen molar-refractivity contribution >= 4 is 18.0 Å². The third-order valence-corrected chi connectivity index (χ3v) is 3.32. The zero-order valence-corrected chi connectivity index (χ0v) is 11.8. The largest absolute Gasteiger partial charge is 0.481 e. The number of ether oxygens (including phenoxy) is 2. The summed E-state index contributed by atoms with van der Waals surface area (Å²) in [6, 6.07) is -1.93. The van der Waals surface area contributed by atoms with Crippen LogP contribution in [-0.4, -0.2) is 66.7 Å². The Balaban J connectivity index is 2.42. The highest BCUT2D eigenvalue weighted by molar-refractivity contribution is 5.83. The molecule has 0 spiro atoms. The zero-order chi connectivity index (χ0) is 15.9. The Bertz CT molecular complexity index is 393. The van der Waals surface area contributed by atoms with E-state index in [9.17, 15) is 14.4 Å². The van der Waals surface area contributed by atoms with Gasteiger partial charge in [0.25, 0.3) is 0 Å². The first-order chi connectivity index (χ1) is 9.88. The number of carbonyl (C=O) groups is 3. The quantitative estimate of drug-likeness (QED) is 0.471. The number of urea groups is 1. The average molecular weight is 304 g/mol. The molecular weight excluding hydrogens is 284 g/mol. The molecular formula is C12H20N2O7. The first kappa shape index (κ1) is 17.2. The first-order valence-electron chi connectivity index (χ1n) is 6.50. The van der Waals surface area contributed by atoms with Crippen LogP contribution in [0.5, 0.6) is 0 Å². The van der Waals surface area contributed by atoms with Gasteiger partial charge in [-0.1, -0.05) is 0 Å². The second-order valence-electron chi connectivity index (χ2n) is 4.84. The molecule has 0 aliphatic carbocycles. The van der Waals surface area contributed by atoms with Gasteiger partial charge in [-0.05, 0) is 6.42 Å². The van der Waals surface area contributed by atoms with Gasteiger partial charge < -0.3 is 30.3 Å². The number of hydrogen-bond donors (Lipinski definition) is 4. The maximum Gasteiger partial charge on any atom is 0.326 e. The van der Waals surface area contributed by atoms with E-state index in [2.05, 4.69) is 10.6 Å². The minimum absolute atomic E-state index is 0.181. The van der Waals surface area contributed by atoms with Crippen LogP contribution in [0.15, 0.2) is 0 Å². The number of aliphatic carboxylic acids is 2. The summed E-state index contributed by atoms with van der Waals surface area (Å²) in [6.07, 6.45) is 0.106. The third kappa shape index (κ3) is 5.56. The second kappa shape index (κ2) is 7.79. The number of carboxylic acids is 2. The minimum Gasteiger partial charge on any atom is -0.481 e. The van der Waals surface area contributed by atoms with Gasteiger partial charge in [0.2, 0.25) is 0 Å². The van der Waals surface area contributed by atoms with Gasteiger partial charge in [0.05, 0.1) is 13.2 Å². The Hall–Kier alpha value is -1.87. The van der Waals surface area contributed by atoms with E-state index in [1.165, 1.54) is 7.11 Å². The minimum atomic E-state index is -1.28. The van der Waals surface area contributed by atoms with E-state index in [4.69, 9.17) is 19.7 Å². The first-order valence-corrected chi connectivity index (χ1v) is 6.50. The highest BCUT2D eigenvalue weighted by Gasteiger charge is 2.35. The Morgan fingerprint density at radius 3 is 2.57 bits per heavy atom. The SMILES string of the molecule is COC1(CNC(=O)N[C@@H](CCC(=O)O)C(=O)O)CCOC1. The van der Waals surface area contributed by atoms with E-state index >= 15 is 0 Å². The maximum atomic E-state index is 11.7. The van der Waals surface area contributed by atoms with Gasteiger partial charge >= 0.3 is 18.0 Å². The number of carbonyl (C=O) groups excluding carboxylic acids is 1. The molecule has 1 aliphatic rings. The molecule has 1 heterocycles. The van der Waals surface area contributed by atoms with Gasteiger partial charge in [-0.2, -0.15) is 0 Å². The Labute approximate surface area is 121 Å². The van der Waals surface area contributed by atoms with E-state index < -0.39 is 29.6 Å². The number of hydrogen-bond acceptors (Lipinski definition) is 5. The summed E-state index contributed by atoms with van der Waals surface area (Å²) in [5.41, 5.74) is -0.600. The van der Waals surface area contributed by atoms with Crippen LogP contribution in [0.25, 0.3) is 0 Å². The van der Waals surface area contributed by atoms with Crippen molar-refractivity contribution in [1.29, 1.82) is 0 Å². The second-order valence-corrected chi connectivity index (χ2v) is 4.84. The molecule has 2 atom stereocenters. The smallest absolute Gasteiger partial charge is 0.326 e. The lowest BCUT2D eigenvalue weighted by atomic mass is 10.0. The van der Waals surface area contributed by atoms with Crippen LogP contribution in [0.1, 0.15) is 19.3 Å². The molecule has 1 saturated heterocycles. The molecule has 9 nitrogen and oxygen atoms in total. The highest BCUT2D eigenvalue weighted by Crippen LogP contribution is 2.21. The summed E-state index contributed by atoms with van der Waals surface area (Å²) in [5, 5.41) is 22.2. The summed E-state index contributed by atoms with van der Waals surface area (Å²) in [4.78, 5) is 33.1. The molecule has 9 heteroatoms.